The van der Waals surface area contributed by atoms with Crippen LogP contribution in [0.15, 0.2) is 0 Å². The number of hydrogen-bond acceptors (Lipinski definition) is 3. The molecule has 12 heavy (non-hydrogen) atoms. The van der Waals surface area contributed by atoms with Crippen molar-refractivity contribution in [1.82, 2.24) is 15.5 Å². The number of rotatable bonds is 5. The molecule has 0 aliphatic carbocycles. The van der Waals surface area contributed by atoms with Crippen molar-refractivity contribution in [3.8, 4) is 0 Å². The van der Waals surface area contributed by atoms with E-state index < -0.39 is 0 Å². The molecule has 1 heterocycles. The molecule has 0 aromatic rings. The molecule has 0 unspecified atom stereocenters. The Morgan fingerprint density at radius 2 is 2.42 bits per heavy atom. The van der Waals surface area contributed by atoms with Crippen LogP contribution in [0.4, 0.5) is 4.79 Å². The Labute approximate surface area is 72.3 Å². The number of carbonyl (C=O) groups excluding carboxylic acids is 1. The summed E-state index contributed by atoms with van der Waals surface area (Å²) in [5.74, 6) is 0. The van der Waals surface area contributed by atoms with Crippen LogP contribution in [0.2, 0.25) is 0 Å². The summed E-state index contributed by atoms with van der Waals surface area (Å²) in [6.07, 6.45) is 0. The first-order chi connectivity index (χ1) is 5.84. The van der Waals surface area contributed by atoms with Gasteiger partial charge in [-0.25, -0.2) is 4.79 Å². The zero-order valence-corrected chi connectivity index (χ0v) is 7.18. The lowest BCUT2D eigenvalue weighted by atomic mass is 10.5. The summed E-state index contributed by atoms with van der Waals surface area (Å²) in [5.41, 5.74) is 5.29. The molecule has 70 valence electrons. The highest BCUT2D eigenvalue weighted by Crippen LogP contribution is 1.93. The fourth-order valence-electron chi connectivity index (χ4n) is 1.17. The highest BCUT2D eigenvalue weighted by atomic mass is 16.2. The maximum atomic E-state index is 11.0. The average molecular weight is 172 g/mol. The monoisotopic (exact) mass is 172 g/mol. The average Bonchev–Trinajstić information content (AvgIpc) is 2.46. The van der Waals surface area contributed by atoms with E-state index in [4.69, 9.17) is 5.73 Å². The van der Waals surface area contributed by atoms with Crippen molar-refractivity contribution in [2.24, 2.45) is 5.73 Å². The van der Waals surface area contributed by atoms with E-state index in [2.05, 4.69) is 10.6 Å². The smallest absolute Gasteiger partial charge is 0.317 e. The molecule has 1 fully saturated rings. The maximum Gasteiger partial charge on any atom is 0.317 e. The van der Waals surface area contributed by atoms with E-state index in [1.54, 1.807) is 4.90 Å². The van der Waals surface area contributed by atoms with Gasteiger partial charge >= 0.3 is 6.03 Å². The van der Waals surface area contributed by atoms with Crippen molar-refractivity contribution < 1.29 is 4.79 Å². The van der Waals surface area contributed by atoms with Crippen molar-refractivity contribution >= 4 is 6.03 Å². The topological polar surface area (TPSA) is 70.4 Å². The Balaban J connectivity index is 2.02. The molecular formula is C7H16N4O. The summed E-state index contributed by atoms with van der Waals surface area (Å²) >= 11 is 0. The number of carbonyl (C=O) groups is 1. The number of hydrogen-bond donors (Lipinski definition) is 3. The van der Waals surface area contributed by atoms with Gasteiger partial charge in [0.2, 0.25) is 0 Å². The first-order valence-corrected chi connectivity index (χ1v) is 4.28. The van der Waals surface area contributed by atoms with E-state index in [-0.39, 0.29) is 6.03 Å². The molecule has 4 N–H and O–H groups in total. The van der Waals surface area contributed by atoms with E-state index in [1.807, 2.05) is 0 Å². The minimum atomic E-state index is 0.0459. The van der Waals surface area contributed by atoms with Gasteiger partial charge in [-0.2, -0.15) is 0 Å². The Kier molecular flexibility index (Phi) is 3.83. The largest absolute Gasteiger partial charge is 0.336 e. The molecule has 0 aromatic heterocycles. The van der Waals surface area contributed by atoms with Crippen LogP contribution in [0.25, 0.3) is 0 Å². The Hall–Kier alpha value is -0.810. The fourth-order valence-corrected chi connectivity index (χ4v) is 1.17. The number of nitrogens with one attached hydrogen (secondary N) is 2. The van der Waals surface area contributed by atoms with Gasteiger partial charge in [-0.15, -0.1) is 0 Å². The zero-order valence-electron chi connectivity index (χ0n) is 7.18. The highest BCUT2D eigenvalue weighted by Gasteiger charge is 2.17. The van der Waals surface area contributed by atoms with Crippen LogP contribution >= 0.6 is 0 Å². The lowest BCUT2D eigenvalue weighted by molar-refractivity contribution is 0.217. The van der Waals surface area contributed by atoms with Crippen molar-refractivity contribution in [1.29, 1.82) is 0 Å². The molecule has 1 rings (SSSR count). The number of amides is 2. The molecule has 1 aliphatic rings. The molecule has 5 nitrogen and oxygen atoms in total. The van der Waals surface area contributed by atoms with Crippen molar-refractivity contribution in [3.63, 3.8) is 0 Å². The molecule has 1 saturated heterocycles. The quantitative estimate of drug-likeness (QED) is 0.445. The van der Waals surface area contributed by atoms with Gasteiger partial charge in [0.05, 0.1) is 0 Å². The van der Waals surface area contributed by atoms with Crippen LogP contribution < -0.4 is 16.4 Å². The Morgan fingerprint density at radius 1 is 1.58 bits per heavy atom. The lowest BCUT2D eigenvalue weighted by Gasteiger charge is -2.13. The minimum Gasteiger partial charge on any atom is -0.336 e. The molecule has 2 amide bonds. The van der Waals surface area contributed by atoms with Gasteiger partial charge in [0.15, 0.2) is 0 Å². The molecular weight excluding hydrogens is 156 g/mol. The third-order valence-corrected chi connectivity index (χ3v) is 1.82. The van der Waals surface area contributed by atoms with E-state index in [0.717, 1.165) is 32.7 Å². The molecule has 0 spiro atoms. The van der Waals surface area contributed by atoms with Gasteiger partial charge < -0.3 is 21.3 Å². The van der Waals surface area contributed by atoms with E-state index in [0.29, 0.717) is 6.54 Å². The Bertz CT molecular complexity index is 150. The molecule has 5 heteroatoms. The van der Waals surface area contributed by atoms with E-state index >= 15 is 0 Å². The van der Waals surface area contributed by atoms with Gasteiger partial charge in [0.1, 0.15) is 0 Å². The van der Waals surface area contributed by atoms with Crippen LogP contribution in [0.3, 0.4) is 0 Å². The van der Waals surface area contributed by atoms with Crippen LogP contribution in [0, 0.1) is 0 Å². The van der Waals surface area contributed by atoms with Gasteiger partial charge in [-0.05, 0) is 0 Å². The van der Waals surface area contributed by atoms with E-state index in [1.165, 1.54) is 0 Å². The van der Waals surface area contributed by atoms with E-state index in [9.17, 15) is 4.79 Å². The molecule has 1 aliphatic heterocycles. The molecule has 0 radical (unpaired) electrons. The van der Waals surface area contributed by atoms with Crippen molar-refractivity contribution in [3.05, 3.63) is 0 Å². The summed E-state index contributed by atoms with van der Waals surface area (Å²) < 4.78 is 0. The summed E-state index contributed by atoms with van der Waals surface area (Å²) in [7, 11) is 0. The predicted octanol–water partition coefficient (Wildman–Crippen LogP) is -1.44. The SMILES string of the molecule is NCCNCCN1CCNC1=O. The zero-order chi connectivity index (χ0) is 8.81. The van der Waals surface area contributed by atoms with Crippen LogP contribution in [-0.4, -0.2) is 50.2 Å². The second-order valence-electron chi connectivity index (χ2n) is 2.76. The Morgan fingerprint density at radius 3 is 3.00 bits per heavy atom. The summed E-state index contributed by atoms with van der Waals surface area (Å²) in [4.78, 5) is 12.8. The predicted molar refractivity (Wildman–Crippen MR) is 46.9 cm³/mol. The highest BCUT2D eigenvalue weighted by molar-refractivity contribution is 5.76. The van der Waals surface area contributed by atoms with Crippen LogP contribution in [0.5, 0.6) is 0 Å². The van der Waals surface area contributed by atoms with Gasteiger partial charge in [-0.1, -0.05) is 0 Å². The van der Waals surface area contributed by atoms with Crippen LogP contribution in [-0.2, 0) is 0 Å². The van der Waals surface area contributed by atoms with Crippen molar-refractivity contribution in [2.45, 2.75) is 0 Å². The summed E-state index contributed by atoms with van der Waals surface area (Å²) in [6, 6.07) is 0.0459. The summed E-state index contributed by atoms with van der Waals surface area (Å²) in [6.45, 7) is 4.65. The second-order valence-corrected chi connectivity index (χ2v) is 2.76. The first kappa shape index (κ1) is 9.28. The lowest BCUT2D eigenvalue weighted by Crippen LogP contribution is -2.36. The molecule has 0 bridgehead atoms. The minimum absolute atomic E-state index is 0.0459. The molecule has 0 saturated carbocycles. The van der Waals surface area contributed by atoms with Gasteiger partial charge in [-0.3, -0.25) is 0 Å². The summed E-state index contributed by atoms with van der Waals surface area (Å²) in [5, 5.41) is 5.88. The number of nitrogens with zero attached hydrogens (tertiary/aromatic N) is 1. The third-order valence-electron chi connectivity index (χ3n) is 1.82. The second kappa shape index (κ2) is 4.95. The van der Waals surface area contributed by atoms with Gasteiger partial charge in [0.25, 0.3) is 0 Å². The third kappa shape index (κ3) is 2.67. The standard InChI is InChI=1S/C7H16N4O/c8-1-2-9-3-5-11-6-4-10-7(11)12/h9H,1-6,8H2,(H,10,12). The first-order valence-electron chi connectivity index (χ1n) is 4.28. The number of nitrogens with two attached hydrogens (primary N) is 1. The van der Waals surface area contributed by atoms with Crippen LogP contribution in [0.1, 0.15) is 0 Å². The van der Waals surface area contributed by atoms with Crippen molar-refractivity contribution in [2.75, 3.05) is 39.3 Å². The normalized spacial score (nSPS) is 16.8. The van der Waals surface area contributed by atoms with Gasteiger partial charge in [0, 0.05) is 39.3 Å². The maximum absolute atomic E-state index is 11.0. The fraction of sp³-hybridized carbons (Fsp3) is 0.857. The molecule has 0 atom stereocenters. The number of urea groups is 1. The molecule has 0 aromatic carbocycles.